The molecule has 4 N–H and O–H groups in total. The van der Waals surface area contributed by atoms with E-state index in [-0.39, 0.29) is 36.7 Å². The highest BCUT2D eigenvalue weighted by Crippen LogP contribution is 2.34. The summed E-state index contributed by atoms with van der Waals surface area (Å²) in [6.45, 7) is 7.73. The van der Waals surface area contributed by atoms with E-state index in [1.54, 1.807) is 11.6 Å². The Morgan fingerprint density at radius 1 is 1.29 bits per heavy atom. The molecule has 0 aliphatic carbocycles. The van der Waals surface area contributed by atoms with E-state index >= 15 is 0 Å². The maximum atomic E-state index is 13.5. The minimum atomic E-state index is -0.777. The van der Waals surface area contributed by atoms with Gasteiger partial charge in [-0.05, 0) is 31.4 Å². The third-order valence-corrected chi connectivity index (χ3v) is 7.45. The third-order valence-electron chi connectivity index (χ3n) is 6.49. The normalized spacial score (nSPS) is 19.7. The molecule has 0 radical (unpaired) electrons. The fourth-order valence-corrected chi connectivity index (χ4v) is 5.47. The predicted molar refractivity (Wildman–Crippen MR) is 133 cm³/mol. The Hall–Kier alpha value is -3.24. The average Bonchev–Trinajstić information content (AvgIpc) is 3.55. The molecule has 4 rings (SSSR count). The third kappa shape index (κ3) is 5.08. The highest BCUT2D eigenvalue weighted by Gasteiger charge is 2.43. The van der Waals surface area contributed by atoms with Crippen molar-refractivity contribution in [1.82, 2.24) is 20.4 Å². The molecule has 2 amide bonds. The molecule has 1 aliphatic rings. The maximum absolute atomic E-state index is 13.5. The summed E-state index contributed by atoms with van der Waals surface area (Å²) in [6, 6.07) is 6.26. The van der Waals surface area contributed by atoms with Crippen molar-refractivity contribution in [3.05, 3.63) is 53.0 Å². The van der Waals surface area contributed by atoms with Crippen LogP contribution in [0.15, 0.2) is 40.5 Å². The molecule has 10 heteroatoms. The summed E-state index contributed by atoms with van der Waals surface area (Å²) in [5.74, 6) is -0.777. The van der Waals surface area contributed by atoms with Crippen molar-refractivity contribution >= 4 is 28.8 Å². The molecule has 3 heterocycles. The first-order valence-electron chi connectivity index (χ1n) is 11.7. The number of likely N-dealkylation sites (tertiary alicyclic amines) is 1. The number of aromatic nitrogens is 2. The van der Waals surface area contributed by atoms with Gasteiger partial charge in [-0.15, -0.1) is 11.3 Å². The summed E-state index contributed by atoms with van der Waals surface area (Å²) >= 11 is 1.53. The number of benzene rings is 1. The van der Waals surface area contributed by atoms with Crippen LogP contribution in [0, 0.1) is 12.8 Å². The lowest BCUT2D eigenvalue weighted by Crippen LogP contribution is -2.48. The topological polar surface area (TPSA) is 135 Å². The van der Waals surface area contributed by atoms with Crippen LogP contribution in [0.2, 0.25) is 0 Å². The number of rotatable bonds is 7. The molecule has 0 bridgehead atoms. The van der Waals surface area contributed by atoms with E-state index in [0.717, 1.165) is 21.7 Å². The quantitative estimate of drug-likeness (QED) is 0.426. The van der Waals surface area contributed by atoms with Gasteiger partial charge in [0.15, 0.2) is 0 Å². The van der Waals surface area contributed by atoms with E-state index in [1.807, 2.05) is 45.9 Å². The van der Waals surface area contributed by atoms with Gasteiger partial charge in [0.1, 0.15) is 17.7 Å². The Morgan fingerprint density at radius 3 is 2.66 bits per heavy atom. The number of carbonyl (C=O) groups is 2. The van der Waals surface area contributed by atoms with Gasteiger partial charge in [0.2, 0.25) is 11.8 Å². The summed E-state index contributed by atoms with van der Waals surface area (Å²) in [7, 11) is 0. The number of nitrogens with zero attached hydrogens (tertiary/aromatic N) is 3. The zero-order valence-corrected chi connectivity index (χ0v) is 21.1. The van der Waals surface area contributed by atoms with Gasteiger partial charge in [0, 0.05) is 30.3 Å². The van der Waals surface area contributed by atoms with Crippen molar-refractivity contribution < 1.29 is 19.2 Å². The van der Waals surface area contributed by atoms with E-state index in [4.69, 9.17) is 10.3 Å². The van der Waals surface area contributed by atoms with E-state index in [0.29, 0.717) is 11.4 Å². The summed E-state index contributed by atoms with van der Waals surface area (Å²) in [6.07, 6.45) is 0.901. The number of amides is 2. The number of aliphatic hydroxyl groups is 1. The zero-order valence-electron chi connectivity index (χ0n) is 20.3. The molecule has 186 valence electrons. The SMILES string of the molecule is Cc1ncsc1-c1ccc(C(C)NC(=O)C2C[C@@H](O)CN2C(=O)C(c2ccno2)C(C)C)cc1N. The van der Waals surface area contributed by atoms with Crippen molar-refractivity contribution in [3.8, 4) is 10.4 Å². The second kappa shape index (κ2) is 10.2. The number of anilines is 1. The van der Waals surface area contributed by atoms with Crippen LogP contribution in [0.3, 0.4) is 0 Å². The molecular weight excluding hydrogens is 466 g/mol. The van der Waals surface area contributed by atoms with Crippen molar-refractivity contribution in [2.75, 3.05) is 12.3 Å². The summed E-state index contributed by atoms with van der Waals surface area (Å²) in [5, 5.41) is 17.0. The smallest absolute Gasteiger partial charge is 0.243 e. The lowest BCUT2D eigenvalue weighted by molar-refractivity contribution is -0.141. The molecule has 4 atom stereocenters. The molecule has 0 spiro atoms. The number of β-amino-alcohol motifs (C(OH)–C–C–N with tert-alkyl or cyclic N) is 1. The van der Waals surface area contributed by atoms with Crippen molar-refractivity contribution in [1.29, 1.82) is 0 Å². The fraction of sp³-hybridized carbons (Fsp3) is 0.440. The first kappa shape index (κ1) is 24.9. The molecule has 1 saturated heterocycles. The minimum absolute atomic E-state index is 0.0699. The molecule has 1 aromatic carbocycles. The maximum Gasteiger partial charge on any atom is 0.243 e. The monoisotopic (exact) mass is 497 g/mol. The van der Waals surface area contributed by atoms with Gasteiger partial charge in [0.25, 0.3) is 0 Å². The lowest BCUT2D eigenvalue weighted by atomic mass is 9.91. The van der Waals surface area contributed by atoms with Gasteiger partial charge in [-0.3, -0.25) is 9.59 Å². The van der Waals surface area contributed by atoms with Gasteiger partial charge < -0.3 is 25.6 Å². The number of nitrogens with one attached hydrogen (secondary N) is 1. The Labute approximate surface area is 208 Å². The molecule has 2 aromatic heterocycles. The van der Waals surface area contributed by atoms with Gasteiger partial charge >= 0.3 is 0 Å². The highest BCUT2D eigenvalue weighted by atomic mass is 32.1. The Bertz CT molecular complexity index is 1190. The van der Waals surface area contributed by atoms with E-state index in [1.165, 1.54) is 22.4 Å². The van der Waals surface area contributed by atoms with Crippen LogP contribution in [0.1, 0.15) is 56.2 Å². The average molecular weight is 498 g/mol. The largest absolute Gasteiger partial charge is 0.398 e. The number of aliphatic hydroxyl groups excluding tert-OH is 1. The van der Waals surface area contributed by atoms with Crippen LogP contribution in [0.5, 0.6) is 0 Å². The van der Waals surface area contributed by atoms with Crippen molar-refractivity contribution in [2.24, 2.45) is 5.92 Å². The number of thiazole rings is 1. The summed E-state index contributed by atoms with van der Waals surface area (Å²) in [4.78, 5) is 33.5. The molecule has 3 unspecified atom stereocenters. The Kier molecular flexibility index (Phi) is 7.23. The summed E-state index contributed by atoms with van der Waals surface area (Å²) < 4.78 is 5.26. The summed E-state index contributed by atoms with van der Waals surface area (Å²) in [5.41, 5.74) is 11.4. The molecular formula is C25H31N5O4S. The van der Waals surface area contributed by atoms with Gasteiger partial charge in [-0.2, -0.15) is 0 Å². The number of hydrogen-bond donors (Lipinski definition) is 3. The number of nitrogens with two attached hydrogens (primary N) is 1. The number of carbonyl (C=O) groups excluding carboxylic acids is 2. The highest BCUT2D eigenvalue weighted by molar-refractivity contribution is 7.13. The van der Waals surface area contributed by atoms with E-state index in [9.17, 15) is 14.7 Å². The molecule has 0 saturated carbocycles. The molecule has 35 heavy (non-hydrogen) atoms. The van der Waals surface area contributed by atoms with Gasteiger partial charge in [0.05, 0.1) is 34.4 Å². The van der Waals surface area contributed by atoms with Crippen LogP contribution in [-0.4, -0.2) is 50.7 Å². The number of aryl methyl sites for hydroxylation is 1. The van der Waals surface area contributed by atoms with Crippen molar-refractivity contribution in [3.63, 3.8) is 0 Å². The van der Waals surface area contributed by atoms with E-state index < -0.39 is 18.1 Å². The lowest BCUT2D eigenvalue weighted by Gasteiger charge is -2.29. The van der Waals surface area contributed by atoms with Crippen LogP contribution < -0.4 is 11.1 Å². The molecule has 3 aromatic rings. The predicted octanol–water partition coefficient (Wildman–Crippen LogP) is 3.27. The van der Waals surface area contributed by atoms with Crippen LogP contribution in [0.4, 0.5) is 5.69 Å². The van der Waals surface area contributed by atoms with Crippen LogP contribution in [0.25, 0.3) is 10.4 Å². The Balaban J connectivity index is 1.49. The van der Waals surface area contributed by atoms with Crippen LogP contribution >= 0.6 is 11.3 Å². The molecule has 1 aliphatic heterocycles. The fourth-order valence-electron chi connectivity index (χ4n) is 4.62. The zero-order chi connectivity index (χ0) is 25.3. The first-order valence-corrected chi connectivity index (χ1v) is 12.5. The molecule has 9 nitrogen and oxygen atoms in total. The molecule has 1 fully saturated rings. The standard InChI is InChI=1S/C25H31N5O4S/c1-13(2)22(21-7-8-28-34-21)25(33)30-11-17(31)10-20(30)24(32)29-14(3)16-5-6-18(19(26)9-16)23-15(4)27-12-35-23/h5-9,12-14,17,20,22,31H,10-11,26H2,1-4H3,(H,29,32)/t14?,17-,20?,22?/m1/s1. The van der Waals surface area contributed by atoms with Crippen LogP contribution in [-0.2, 0) is 9.59 Å². The van der Waals surface area contributed by atoms with Gasteiger partial charge in [-0.25, -0.2) is 4.98 Å². The minimum Gasteiger partial charge on any atom is -0.398 e. The van der Waals surface area contributed by atoms with Crippen molar-refractivity contribution in [2.45, 2.75) is 58.2 Å². The Morgan fingerprint density at radius 2 is 2.06 bits per heavy atom. The first-order chi connectivity index (χ1) is 16.7. The van der Waals surface area contributed by atoms with E-state index in [2.05, 4.69) is 15.5 Å². The second-order valence-corrected chi connectivity index (χ2v) is 10.2. The number of hydrogen-bond acceptors (Lipinski definition) is 8. The second-order valence-electron chi connectivity index (χ2n) is 9.38. The van der Waals surface area contributed by atoms with Gasteiger partial charge in [-0.1, -0.05) is 31.1 Å². The number of nitrogen functional groups attached to an aromatic ring is 1.